The molecule has 1 N–H and O–H groups in total. The summed E-state index contributed by atoms with van der Waals surface area (Å²) in [5.41, 5.74) is 3.54. The van der Waals surface area contributed by atoms with E-state index in [1.54, 1.807) is 0 Å². The van der Waals surface area contributed by atoms with E-state index in [0.717, 1.165) is 17.7 Å². The second-order valence-corrected chi connectivity index (χ2v) is 6.21. The lowest BCUT2D eigenvalue weighted by molar-refractivity contribution is 0.0491. The normalized spacial score (nSPS) is 22.2. The molecule has 1 fully saturated rings. The predicted molar refractivity (Wildman–Crippen MR) is 82.6 cm³/mol. The molecule has 2 aromatic rings. The average molecular weight is 280 g/mol. The van der Waals surface area contributed by atoms with Crippen LogP contribution in [0.3, 0.4) is 0 Å². The van der Waals surface area contributed by atoms with Gasteiger partial charge < -0.3 is 9.84 Å². The fraction of sp³-hybridized carbons (Fsp3) is 0.368. The van der Waals surface area contributed by atoms with Crippen LogP contribution >= 0.6 is 0 Å². The van der Waals surface area contributed by atoms with Crippen LogP contribution in [0.25, 0.3) is 0 Å². The third kappa shape index (κ3) is 2.34. The number of fused-ring (bicyclic) bond motifs is 1. The van der Waals surface area contributed by atoms with Gasteiger partial charge in [0.15, 0.2) is 0 Å². The van der Waals surface area contributed by atoms with Gasteiger partial charge in [-0.25, -0.2) is 0 Å². The fourth-order valence-electron chi connectivity index (χ4n) is 3.34. The van der Waals surface area contributed by atoms with Gasteiger partial charge in [0.2, 0.25) is 0 Å². The highest BCUT2D eigenvalue weighted by molar-refractivity contribution is 5.39. The molecule has 2 nitrogen and oxygen atoms in total. The fourth-order valence-corrected chi connectivity index (χ4v) is 3.34. The smallest absolute Gasteiger partial charge is 0.133 e. The molecule has 1 aliphatic heterocycles. The highest BCUT2D eigenvalue weighted by Crippen LogP contribution is 2.38. The second kappa shape index (κ2) is 5.19. The highest BCUT2D eigenvalue weighted by atomic mass is 16.5. The van der Waals surface area contributed by atoms with Crippen LogP contribution in [0, 0.1) is 0 Å². The van der Waals surface area contributed by atoms with Gasteiger partial charge in [0.25, 0.3) is 0 Å². The van der Waals surface area contributed by atoms with Crippen molar-refractivity contribution >= 4 is 0 Å². The summed E-state index contributed by atoms with van der Waals surface area (Å²) < 4.78 is 5.91. The largest absolute Gasteiger partial charge is 0.487 e. The van der Waals surface area contributed by atoms with Crippen molar-refractivity contribution in [2.75, 3.05) is 0 Å². The Hall–Kier alpha value is -1.80. The van der Waals surface area contributed by atoms with Gasteiger partial charge in [-0.3, -0.25) is 0 Å². The van der Waals surface area contributed by atoms with Crippen molar-refractivity contribution in [3.05, 3.63) is 65.2 Å². The Morgan fingerprint density at radius 1 is 1.05 bits per heavy atom. The summed E-state index contributed by atoms with van der Waals surface area (Å²) in [6.45, 7) is 0. The van der Waals surface area contributed by atoms with Gasteiger partial charge in [-0.05, 0) is 41.5 Å². The van der Waals surface area contributed by atoms with Gasteiger partial charge in [0.05, 0.1) is 0 Å². The van der Waals surface area contributed by atoms with Crippen molar-refractivity contribution in [1.29, 1.82) is 0 Å². The van der Waals surface area contributed by atoms with E-state index in [0.29, 0.717) is 5.92 Å². The topological polar surface area (TPSA) is 29.5 Å². The lowest BCUT2D eigenvalue weighted by Gasteiger charge is -2.27. The van der Waals surface area contributed by atoms with Crippen molar-refractivity contribution in [2.45, 2.75) is 43.8 Å². The third-order valence-corrected chi connectivity index (χ3v) is 4.85. The number of aliphatic hydroxyl groups is 1. The van der Waals surface area contributed by atoms with E-state index in [1.165, 1.54) is 30.4 Å². The van der Waals surface area contributed by atoms with E-state index in [1.807, 2.05) is 24.3 Å². The van der Waals surface area contributed by atoms with Crippen LogP contribution in [0.1, 0.15) is 48.0 Å². The van der Waals surface area contributed by atoms with Crippen molar-refractivity contribution in [3.8, 4) is 5.75 Å². The van der Waals surface area contributed by atoms with Gasteiger partial charge in [0.1, 0.15) is 18.0 Å². The van der Waals surface area contributed by atoms with Crippen molar-refractivity contribution in [3.63, 3.8) is 0 Å². The molecule has 108 valence electrons. The van der Waals surface area contributed by atoms with Crippen LogP contribution < -0.4 is 4.74 Å². The Morgan fingerprint density at radius 3 is 2.67 bits per heavy atom. The molecule has 0 bridgehead atoms. The minimum absolute atomic E-state index is 0.168. The first-order chi connectivity index (χ1) is 10.3. The summed E-state index contributed by atoms with van der Waals surface area (Å²) in [6, 6.07) is 16.5. The van der Waals surface area contributed by atoms with Gasteiger partial charge in [0, 0.05) is 6.42 Å². The summed E-state index contributed by atoms with van der Waals surface area (Å²) in [5.74, 6) is 1.61. The molecule has 0 saturated heterocycles. The first kappa shape index (κ1) is 12.9. The zero-order valence-electron chi connectivity index (χ0n) is 12.0. The minimum atomic E-state index is -0.558. The van der Waals surface area contributed by atoms with Crippen LogP contribution in [0.4, 0.5) is 0 Å². The number of rotatable bonds is 3. The molecule has 2 heteroatoms. The summed E-state index contributed by atoms with van der Waals surface area (Å²) in [7, 11) is 0. The van der Waals surface area contributed by atoms with Gasteiger partial charge in [-0.1, -0.05) is 48.9 Å². The second-order valence-electron chi connectivity index (χ2n) is 6.21. The van der Waals surface area contributed by atoms with Gasteiger partial charge in [-0.2, -0.15) is 0 Å². The number of hydrogen-bond acceptors (Lipinski definition) is 2. The van der Waals surface area contributed by atoms with Crippen LogP contribution in [0.15, 0.2) is 48.5 Å². The van der Waals surface area contributed by atoms with E-state index in [4.69, 9.17) is 4.74 Å². The lowest BCUT2D eigenvalue weighted by atomic mass is 9.79. The Balaban J connectivity index is 1.54. The number of hydrogen-bond donors (Lipinski definition) is 1. The monoisotopic (exact) mass is 280 g/mol. The lowest BCUT2D eigenvalue weighted by Crippen LogP contribution is -2.23. The molecule has 4 rings (SSSR count). The zero-order chi connectivity index (χ0) is 14.2. The Morgan fingerprint density at radius 2 is 1.90 bits per heavy atom. The van der Waals surface area contributed by atoms with E-state index in [-0.39, 0.29) is 6.10 Å². The van der Waals surface area contributed by atoms with Crippen LogP contribution in [0.2, 0.25) is 0 Å². The molecular weight excluding hydrogens is 260 g/mol. The quantitative estimate of drug-likeness (QED) is 0.921. The molecule has 0 amide bonds. The van der Waals surface area contributed by atoms with Gasteiger partial charge >= 0.3 is 0 Å². The van der Waals surface area contributed by atoms with Crippen LogP contribution in [-0.4, -0.2) is 11.2 Å². The molecule has 21 heavy (non-hydrogen) atoms. The maximum Gasteiger partial charge on any atom is 0.133 e. The van der Waals surface area contributed by atoms with Crippen LogP contribution in [0.5, 0.6) is 5.75 Å². The predicted octanol–water partition coefficient (Wildman–Crippen LogP) is 3.99. The van der Waals surface area contributed by atoms with E-state index in [2.05, 4.69) is 24.3 Å². The number of ether oxygens (including phenoxy) is 1. The molecule has 1 heterocycles. The molecule has 2 unspecified atom stereocenters. The summed E-state index contributed by atoms with van der Waals surface area (Å²) in [4.78, 5) is 0. The van der Waals surface area contributed by atoms with Crippen molar-refractivity contribution < 1.29 is 9.84 Å². The van der Waals surface area contributed by atoms with Gasteiger partial charge in [-0.15, -0.1) is 0 Å². The Labute approximate surface area is 125 Å². The zero-order valence-corrected chi connectivity index (χ0v) is 12.0. The van der Waals surface area contributed by atoms with Crippen LogP contribution in [-0.2, 0) is 6.42 Å². The Kier molecular flexibility index (Phi) is 3.19. The Bertz CT molecular complexity index is 621. The number of para-hydroxylation sites is 1. The van der Waals surface area contributed by atoms with Crippen molar-refractivity contribution in [1.82, 2.24) is 0 Å². The third-order valence-electron chi connectivity index (χ3n) is 4.85. The average Bonchev–Trinajstić information content (AvgIpc) is 2.89. The molecule has 2 aromatic carbocycles. The highest BCUT2D eigenvalue weighted by Gasteiger charge is 2.30. The molecule has 0 aromatic heterocycles. The first-order valence-corrected chi connectivity index (χ1v) is 7.84. The maximum atomic E-state index is 10.7. The molecule has 2 atom stereocenters. The summed E-state index contributed by atoms with van der Waals surface area (Å²) in [5, 5.41) is 10.7. The molecule has 1 aliphatic carbocycles. The molecule has 1 saturated carbocycles. The molecular formula is C19H20O2. The maximum absolute atomic E-state index is 10.7. The van der Waals surface area contributed by atoms with E-state index in [9.17, 15) is 5.11 Å². The summed E-state index contributed by atoms with van der Waals surface area (Å²) >= 11 is 0. The summed E-state index contributed by atoms with van der Waals surface area (Å²) in [6.07, 6.45) is 3.95. The van der Waals surface area contributed by atoms with E-state index >= 15 is 0 Å². The van der Waals surface area contributed by atoms with Crippen molar-refractivity contribution in [2.24, 2.45) is 0 Å². The molecule has 0 spiro atoms. The van der Waals surface area contributed by atoms with E-state index < -0.39 is 6.10 Å². The standard InChI is InChI=1S/C19H20O2/c20-19(18-12-15-5-1-2-10-17(15)21-18)16-9-4-8-14(11-16)13-6-3-7-13/h1-2,4-5,8-11,13,18-20H,3,6-7,12H2. The molecule has 2 aliphatic rings. The SMILES string of the molecule is OC(c1cccc(C2CCC2)c1)C1Cc2ccccc2O1. The number of benzene rings is 2. The molecule has 0 radical (unpaired) electrons. The first-order valence-electron chi connectivity index (χ1n) is 7.84. The minimum Gasteiger partial charge on any atom is -0.487 e. The number of aliphatic hydroxyl groups excluding tert-OH is 1.